The lowest BCUT2D eigenvalue weighted by molar-refractivity contribution is 0.673. The van der Waals surface area contributed by atoms with Gasteiger partial charge in [-0.15, -0.1) is 11.3 Å². The number of hydrogen-bond donors (Lipinski definition) is 0. The summed E-state index contributed by atoms with van der Waals surface area (Å²) in [6, 6.07) is 65.0. The molecule has 0 amide bonds. The molecule has 1 aliphatic rings. The fourth-order valence-electron chi connectivity index (χ4n) is 9.67. The molecule has 264 valence electrons. The molecular formula is C52H35NOSSi. The highest BCUT2D eigenvalue weighted by molar-refractivity contribution is 7.26. The third-order valence-electron chi connectivity index (χ3n) is 12.3. The molecule has 2 nitrogen and oxygen atoms in total. The average Bonchev–Trinajstić information content (AvgIpc) is 3.89. The van der Waals surface area contributed by atoms with Crippen LogP contribution in [0.5, 0.6) is 0 Å². The number of anilines is 3. The van der Waals surface area contributed by atoms with Crippen molar-refractivity contribution in [1.82, 2.24) is 0 Å². The summed E-state index contributed by atoms with van der Waals surface area (Å²) in [6.07, 6.45) is 0. The Labute approximate surface area is 329 Å². The number of thiophene rings is 1. The Bertz CT molecular complexity index is 3400. The molecule has 11 aromatic rings. The lowest BCUT2D eigenvalue weighted by Crippen LogP contribution is -2.49. The van der Waals surface area contributed by atoms with Gasteiger partial charge >= 0.3 is 0 Å². The molecule has 2 aromatic heterocycles. The molecule has 0 spiro atoms. The molecule has 1 aliphatic heterocycles. The van der Waals surface area contributed by atoms with E-state index in [-0.39, 0.29) is 0 Å². The van der Waals surface area contributed by atoms with Crippen LogP contribution in [0.4, 0.5) is 17.1 Å². The molecule has 0 saturated carbocycles. The van der Waals surface area contributed by atoms with Crippen LogP contribution in [0.3, 0.4) is 0 Å². The quantitative estimate of drug-likeness (QED) is 0.167. The molecule has 0 saturated heterocycles. The summed E-state index contributed by atoms with van der Waals surface area (Å²) < 4.78 is 9.29. The Kier molecular flexibility index (Phi) is 6.69. The molecule has 0 N–H and O–H groups in total. The van der Waals surface area contributed by atoms with Gasteiger partial charge in [0.2, 0.25) is 0 Å². The van der Waals surface area contributed by atoms with E-state index in [9.17, 15) is 0 Å². The van der Waals surface area contributed by atoms with Crippen molar-refractivity contribution in [2.75, 3.05) is 4.90 Å². The lowest BCUT2D eigenvalue weighted by atomic mass is 9.97. The Morgan fingerprint density at radius 2 is 1.12 bits per heavy atom. The van der Waals surface area contributed by atoms with Gasteiger partial charge in [-0.2, -0.15) is 0 Å². The Balaban J connectivity index is 1.16. The first-order chi connectivity index (χ1) is 27.5. The first-order valence-corrected chi connectivity index (χ1v) is 23.2. The average molecular weight is 750 g/mol. The molecule has 0 fully saturated rings. The van der Waals surface area contributed by atoms with Crippen LogP contribution in [0.1, 0.15) is 0 Å². The van der Waals surface area contributed by atoms with Crippen molar-refractivity contribution in [2.45, 2.75) is 13.1 Å². The van der Waals surface area contributed by atoms with E-state index in [1.165, 1.54) is 85.7 Å². The van der Waals surface area contributed by atoms with Gasteiger partial charge in [0.1, 0.15) is 19.2 Å². The topological polar surface area (TPSA) is 16.4 Å². The zero-order valence-electron chi connectivity index (χ0n) is 31.0. The van der Waals surface area contributed by atoms with E-state index >= 15 is 0 Å². The maximum atomic E-state index is 6.77. The van der Waals surface area contributed by atoms with E-state index in [2.05, 4.69) is 194 Å². The number of hydrogen-bond acceptors (Lipinski definition) is 3. The summed E-state index contributed by atoms with van der Waals surface area (Å²) in [4.78, 5) is 2.54. The number of rotatable bonds is 4. The van der Waals surface area contributed by atoms with Crippen LogP contribution in [-0.2, 0) is 0 Å². The fraction of sp³-hybridized carbons (Fsp3) is 0.0385. The second-order valence-electron chi connectivity index (χ2n) is 15.6. The summed E-state index contributed by atoms with van der Waals surface area (Å²) >= 11 is 1.87. The number of fused-ring (bicyclic) bond motifs is 13. The summed E-state index contributed by atoms with van der Waals surface area (Å²) in [5.41, 5.74) is 10.6. The highest BCUT2D eigenvalue weighted by Gasteiger charge is 2.39. The molecule has 0 radical (unpaired) electrons. The first kappa shape index (κ1) is 31.8. The van der Waals surface area contributed by atoms with Crippen LogP contribution in [0.15, 0.2) is 180 Å². The molecule has 3 heterocycles. The molecule has 0 unspecified atom stereocenters. The van der Waals surface area contributed by atoms with Gasteiger partial charge in [-0.3, -0.25) is 0 Å². The number of benzene rings is 9. The SMILES string of the molecule is C[Si]1(C)c2ccccc2-c2c(N(c3ccc(-c4cccc5ccccc45)cc3)c3cccc4sc5ccc6oc7c8ccccc8ccc7c6c5c34)cccc21. The van der Waals surface area contributed by atoms with E-state index in [0.29, 0.717) is 0 Å². The summed E-state index contributed by atoms with van der Waals surface area (Å²) in [7, 11) is -1.94. The van der Waals surface area contributed by atoms with Crippen molar-refractivity contribution in [2.24, 2.45) is 0 Å². The van der Waals surface area contributed by atoms with E-state index < -0.39 is 8.07 Å². The number of furan rings is 1. The standard InChI is InChI=1S/C52H35NOSSi/c1-56(2)46-22-8-7-17-39(46)48-41(20-11-23-47(48)56)53(35-27-24-34(25-28-35)37-18-9-14-32-12-3-5-15-36(32)37)42-19-10-21-44-50(42)51-45(55-44)31-30-43-49(51)40-29-26-33-13-4-6-16-38(33)52(40)54-43/h3-31H,1-2H3. The first-order valence-electron chi connectivity index (χ1n) is 19.3. The monoisotopic (exact) mass is 749 g/mol. The van der Waals surface area contributed by atoms with E-state index in [4.69, 9.17) is 4.42 Å². The van der Waals surface area contributed by atoms with Gasteiger partial charge in [0.25, 0.3) is 0 Å². The summed E-state index contributed by atoms with van der Waals surface area (Å²) in [5, 5.41) is 12.7. The van der Waals surface area contributed by atoms with Gasteiger partial charge in [-0.1, -0.05) is 140 Å². The van der Waals surface area contributed by atoms with Crippen LogP contribution in [-0.4, -0.2) is 8.07 Å². The van der Waals surface area contributed by atoms with Crippen molar-refractivity contribution in [1.29, 1.82) is 0 Å². The minimum atomic E-state index is -1.94. The van der Waals surface area contributed by atoms with Gasteiger partial charge in [0.05, 0.1) is 11.4 Å². The normalized spacial score (nSPS) is 13.3. The van der Waals surface area contributed by atoms with Gasteiger partial charge in [-0.25, -0.2) is 0 Å². The second-order valence-corrected chi connectivity index (χ2v) is 21.0. The van der Waals surface area contributed by atoms with Gasteiger partial charge < -0.3 is 9.32 Å². The van der Waals surface area contributed by atoms with Crippen LogP contribution >= 0.6 is 11.3 Å². The zero-order valence-corrected chi connectivity index (χ0v) is 32.8. The molecular weight excluding hydrogens is 715 g/mol. The van der Waals surface area contributed by atoms with Gasteiger partial charge in [0.15, 0.2) is 0 Å². The smallest absolute Gasteiger partial charge is 0.143 e. The van der Waals surface area contributed by atoms with Crippen LogP contribution in [0.25, 0.3) is 85.9 Å². The fourth-order valence-corrected chi connectivity index (χ4v) is 13.9. The van der Waals surface area contributed by atoms with E-state index in [0.717, 1.165) is 27.6 Å². The Morgan fingerprint density at radius 3 is 2.00 bits per heavy atom. The third-order valence-corrected chi connectivity index (χ3v) is 16.9. The van der Waals surface area contributed by atoms with Crippen molar-refractivity contribution in [3.8, 4) is 22.3 Å². The molecule has 56 heavy (non-hydrogen) atoms. The molecule has 0 atom stereocenters. The number of nitrogens with zero attached hydrogens (tertiary/aromatic N) is 1. The second kappa shape index (κ2) is 11.8. The largest absolute Gasteiger partial charge is 0.455 e. The van der Waals surface area contributed by atoms with Gasteiger partial charge in [-0.05, 0) is 91.8 Å². The van der Waals surface area contributed by atoms with E-state index in [1.54, 1.807) is 0 Å². The van der Waals surface area contributed by atoms with Crippen molar-refractivity contribution in [3.05, 3.63) is 176 Å². The van der Waals surface area contributed by atoms with Crippen LogP contribution < -0.4 is 15.3 Å². The van der Waals surface area contributed by atoms with Crippen molar-refractivity contribution < 1.29 is 4.42 Å². The summed E-state index contributed by atoms with van der Waals surface area (Å²) in [5.74, 6) is 0. The zero-order chi connectivity index (χ0) is 37.1. The lowest BCUT2D eigenvalue weighted by Gasteiger charge is -2.29. The maximum absolute atomic E-state index is 6.77. The summed E-state index contributed by atoms with van der Waals surface area (Å²) in [6.45, 7) is 5.00. The highest BCUT2D eigenvalue weighted by atomic mass is 32.1. The molecule has 9 aromatic carbocycles. The maximum Gasteiger partial charge on any atom is 0.143 e. The predicted molar refractivity (Wildman–Crippen MR) is 244 cm³/mol. The minimum absolute atomic E-state index is 0.923. The molecule has 12 rings (SSSR count). The van der Waals surface area contributed by atoms with Gasteiger partial charge in [0, 0.05) is 47.6 Å². The van der Waals surface area contributed by atoms with Crippen molar-refractivity contribution in [3.63, 3.8) is 0 Å². The molecule has 0 bridgehead atoms. The predicted octanol–water partition coefficient (Wildman–Crippen LogP) is 14.2. The van der Waals surface area contributed by atoms with Crippen LogP contribution in [0.2, 0.25) is 13.1 Å². The van der Waals surface area contributed by atoms with Crippen molar-refractivity contribution >= 4 is 111 Å². The Morgan fingerprint density at radius 1 is 0.464 bits per heavy atom. The van der Waals surface area contributed by atoms with Crippen LogP contribution in [0, 0.1) is 0 Å². The minimum Gasteiger partial charge on any atom is -0.455 e. The third kappa shape index (κ3) is 4.42. The van der Waals surface area contributed by atoms with E-state index in [1.807, 2.05) is 11.3 Å². The molecule has 4 heteroatoms. The highest BCUT2D eigenvalue weighted by Crippen LogP contribution is 2.51. The Hall–Kier alpha value is -6.46. The molecule has 0 aliphatic carbocycles.